The van der Waals surface area contributed by atoms with Crippen molar-refractivity contribution in [2.24, 2.45) is 0 Å². The van der Waals surface area contributed by atoms with Crippen molar-refractivity contribution in [3.63, 3.8) is 0 Å². The predicted octanol–water partition coefficient (Wildman–Crippen LogP) is 4.85. The van der Waals surface area contributed by atoms with Crippen LogP contribution < -0.4 is 14.8 Å². The van der Waals surface area contributed by atoms with Crippen LogP contribution in [-0.2, 0) is 27.8 Å². The van der Waals surface area contributed by atoms with Gasteiger partial charge in [0.05, 0.1) is 25.6 Å². The lowest BCUT2D eigenvalue weighted by molar-refractivity contribution is -0.119. The molecule has 1 saturated heterocycles. The number of rotatable bonds is 19. The molecule has 1 unspecified atom stereocenters. The number of unbranched alkanes of at least 4 members (excludes halogenated alkanes) is 5. The highest BCUT2D eigenvalue weighted by molar-refractivity contribution is 7.90. The fraction of sp³-hybridized carbons (Fsp3) is 0.633. The summed E-state index contributed by atoms with van der Waals surface area (Å²) in [6, 6.07) is 5.49. The molecule has 0 aliphatic carbocycles. The molecule has 3 rings (SSSR count). The molecule has 0 spiro atoms. The van der Waals surface area contributed by atoms with Crippen molar-refractivity contribution in [1.29, 1.82) is 0 Å². The monoisotopic (exact) mass is 608 g/mol. The SMILES string of the molecule is CCCCCCCCNC(=O)c1coc(C2CCCN2Cc2cc(OC)ccc2CCC(=O)NS(=O)(=O)CCCF)n1. The molecule has 1 fully saturated rings. The number of hydrogen-bond donors (Lipinski definition) is 2. The van der Waals surface area contributed by atoms with Crippen molar-refractivity contribution in [1.82, 2.24) is 19.9 Å². The molecule has 2 heterocycles. The maximum atomic E-state index is 12.6. The number of amides is 2. The third-order valence-corrected chi connectivity index (χ3v) is 8.81. The van der Waals surface area contributed by atoms with E-state index >= 15 is 0 Å². The van der Waals surface area contributed by atoms with Crippen LogP contribution in [0.4, 0.5) is 4.39 Å². The largest absolute Gasteiger partial charge is 0.497 e. The minimum atomic E-state index is -3.85. The van der Waals surface area contributed by atoms with Crippen LogP contribution in [0.1, 0.15) is 105 Å². The molecular weight excluding hydrogens is 563 g/mol. The van der Waals surface area contributed by atoms with Gasteiger partial charge in [0.25, 0.3) is 5.91 Å². The van der Waals surface area contributed by atoms with Crippen molar-refractivity contribution in [2.45, 2.75) is 90.1 Å². The number of carbonyl (C=O) groups is 2. The van der Waals surface area contributed by atoms with Crippen LogP contribution in [0.15, 0.2) is 28.9 Å². The maximum Gasteiger partial charge on any atom is 0.273 e. The molecule has 0 saturated carbocycles. The third-order valence-electron chi connectivity index (χ3n) is 7.44. The van der Waals surface area contributed by atoms with E-state index in [2.05, 4.69) is 22.1 Å². The number of aryl methyl sites for hydroxylation is 1. The summed E-state index contributed by atoms with van der Waals surface area (Å²) >= 11 is 0. The molecule has 1 aliphatic rings. The standard InChI is InChI=1S/C30H45FN4O6S/c1-3-4-5-6-7-8-17-32-29(37)26-22-41-30(33-26)27-11-9-18-35(27)21-24-20-25(40-2)14-12-23(24)13-15-28(36)34-42(38,39)19-10-16-31/h12,14,20,22,27H,3-11,13,15-19,21H2,1-2H3,(H,32,37)(H,34,36). The Kier molecular flexibility index (Phi) is 13.7. The summed E-state index contributed by atoms with van der Waals surface area (Å²) < 4.78 is 49.5. The van der Waals surface area contributed by atoms with E-state index in [0.29, 0.717) is 31.2 Å². The first-order chi connectivity index (χ1) is 20.3. The van der Waals surface area contributed by atoms with Gasteiger partial charge in [0.15, 0.2) is 5.69 Å². The van der Waals surface area contributed by atoms with E-state index in [1.54, 1.807) is 13.2 Å². The van der Waals surface area contributed by atoms with Crippen molar-refractivity contribution < 1.29 is 31.6 Å². The van der Waals surface area contributed by atoms with E-state index in [1.807, 2.05) is 16.9 Å². The minimum absolute atomic E-state index is 0.0332. The molecule has 1 aromatic heterocycles. The van der Waals surface area contributed by atoms with Gasteiger partial charge in [-0.25, -0.2) is 13.4 Å². The van der Waals surface area contributed by atoms with Crippen LogP contribution in [0.2, 0.25) is 0 Å². The van der Waals surface area contributed by atoms with Crippen LogP contribution in [0.3, 0.4) is 0 Å². The van der Waals surface area contributed by atoms with E-state index in [4.69, 9.17) is 9.15 Å². The van der Waals surface area contributed by atoms with Crippen molar-refractivity contribution in [3.05, 3.63) is 47.2 Å². The van der Waals surface area contributed by atoms with E-state index in [1.165, 1.54) is 31.9 Å². The molecule has 2 aromatic rings. The van der Waals surface area contributed by atoms with Gasteiger partial charge in [-0.1, -0.05) is 45.1 Å². The Morgan fingerprint density at radius 3 is 2.69 bits per heavy atom. The van der Waals surface area contributed by atoms with Crippen LogP contribution in [0, 0.1) is 0 Å². The van der Waals surface area contributed by atoms with Crippen molar-refractivity contribution >= 4 is 21.8 Å². The molecular formula is C30H45FN4O6S. The van der Waals surface area contributed by atoms with E-state index in [-0.39, 0.29) is 30.5 Å². The second-order valence-electron chi connectivity index (χ2n) is 10.7. The zero-order chi connectivity index (χ0) is 30.4. The number of nitrogens with one attached hydrogen (secondary N) is 2. The number of likely N-dealkylation sites (tertiary alicyclic amines) is 1. The minimum Gasteiger partial charge on any atom is -0.497 e. The number of sulfonamides is 1. The molecule has 0 radical (unpaired) electrons. The number of nitrogens with zero attached hydrogens (tertiary/aromatic N) is 2. The average molecular weight is 609 g/mol. The second-order valence-corrected chi connectivity index (χ2v) is 12.6. The number of hydrogen-bond acceptors (Lipinski definition) is 8. The molecule has 10 nitrogen and oxygen atoms in total. The van der Waals surface area contributed by atoms with Gasteiger partial charge in [-0.15, -0.1) is 0 Å². The highest BCUT2D eigenvalue weighted by atomic mass is 32.2. The summed E-state index contributed by atoms with van der Waals surface area (Å²) in [5.74, 6) is -0.120. The molecule has 0 bridgehead atoms. The van der Waals surface area contributed by atoms with Gasteiger partial charge in [-0.3, -0.25) is 23.6 Å². The van der Waals surface area contributed by atoms with Gasteiger partial charge in [-0.2, -0.15) is 0 Å². The molecule has 1 aliphatic heterocycles. The van der Waals surface area contributed by atoms with Crippen molar-refractivity contribution in [2.75, 3.05) is 32.6 Å². The lowest BCUT2D eigenvalue weighted by Gasteiger charge is -2.23. The summed E-state index contributed by atoms with van der Waals surface area (Å²) in [5, 5.41) is 2.94. The van der Waals surface area contributed by atoms with E-state index in [0.717, 1.165) is 43.4 Å². The first kappa shape index (κ1) is 33.5. The van der Waals surface area contributed by atoms with E-state index < -0.39 is 28.4 Å². The topological polar surface area (TPSA) is 131 Å². The molecule has 1 atom stereocenters. The fourth-order valence-electron chi connectivity index (χ4n) is 5.15. The summed E-state index contributed by atoms with van der Waals surface area (Å²) in [5.41, 5.74) is 2.11. The Hall–Kier alpha value is -2.99. The number of methoxy groups -OCH3 is 1. The van der Waals surface area contributed by atoms with Gasteiger partial charge < -0.3 is 14.5 Å². The zero-order valence-electron chi connectivity index (χ0n) is 24.8. The van der Waals surface area contributed by atoms with Crippen LogP contribution in [-0.4, -0.2) is 62.7 Å². The van der Waals surface area contributed by atoms with E-state index in [9.17, 15) is 22.4 Å². The van der Waals surface area contributed by atoms with Gasteiger partial charge in [-0.05, 0) is 61.9 Å². The third kappa shape index (κ3) is 10.7. The lowest BCUT2D eigenvalue weighted by Crippen LogP contribution is -2.33. The Balaban J connectivity index is 1.59. The maximum absolute atomic E-state index is 12.6. The fourth-order valence-corrected chi connectivity index (χ4v) is 6.19. The number of alkyl halides is 1. The van der Waals surface area contributed by atoms with Crippen LogP contribution in [0.25, 0.3) is 0 Å². The summed E-state index contributed by atoms with van der Waals surface area (Å²) in [4.78, 5) is 31.7. The Morgan fingerprint density at radius 2 is 1.93 bits per heavy atom. The highest BCUT2D eigenvalue weighted by Gasteiger charge is 2.31. The van der Waals surface area contributed by atoms with Crippen LogP contribution in [0.5, 0.6) is 5.75 Å². The molecule has 12 heteroatoms. The van der Waals surface area contributed by atoms with Gasteiger partial charge >= 0.3 is 0 Å². The summed E-state index contributed by atoms with van der Waals surface area (Å²) in [7, 11) is -2.27. The molecule has 2 N–H and O–H groups in total. The summed E-state index contributed by atoms with van der Waals surface area (Å²) in [6.07, 6.45) is 10.2. The molecule has 42 heavy (non-hydrogen) atoms. The smallest absolute Gasteiger partial charge is 0.273 e. The average Bonchev–Trinajstić information content (AvgIpc) is 3.64. The second kappa shape index (κ2) is 17.2. The Bertz CT molecular complexity index is 1250. The quantitative estimate of drug-likeness (QED) is 0.217. The highest BCUT2D eigenvalue weighted by Crippen LogP contribution is 2.34. The molecule has 234 valence electrons. The van der Waals surface area contributed by atoms with Crippen molar-refractivity contribution in [3.8, 4) is 5.75 Å². The van der Waals surface area contributed by atoms with Gasteiger partial charge in [0, 0.05) is 19.5 Å². The lowest BCUT2D eigenvalue weighted by atomic mass is 10.0. The number of oxazole rings is 1. The predicted molar refractivity (Wildman–Crippen MR) is 158 cm³/mol. The van der Waals surface area contributed by atoms with Crippen LogP contribution >= 0.6 is 0 Å². The number of halogens is 1. The number of carbonyl (C=O) groups excluding carboxylic acids is 2. The Labute approximate surface area is 248 Å². The first-order valence-corrected chi connectivity index (χ1v) is 16.6. The van der Waals surface area contributed by atoms with Gasteiger partial charge in [0.2, 0.25) is 21.8 Å². The number of aromatic nitrogens is 1. The zero-order valence-corrected chi connectivity index (χ0v) is 25.6. The number of benzene rings is 1. The molecule has 2 amide bonds. The summed E-state index contributed by atoms with van der Waals surface area (Å²) in [6.45, 7) is 3.38. The molecule has 1 aromatic carbocycles. The first-order valence-electron chi connectivity index (χ1n) is 15.0. The van der Waals surface area contributed by atoms with Gasteiger partial charge in [0.1, 0.15) is 12.0 Å². The normalized spacial score (nSPS) is 15.5. The Morgan fingerprint density at radius 1 is 1.14 bits per heavy atom. The number of ether oxygens (including phenoxy) is 1.